The number of carbonyl (C=O) groups excluding carboxylic acids is 3. The molecule has 36 heavy (non-hydrogen) atoms. The highest BCUT2D eigenvalue weighted by Gasteiger charge is 2.50. The maximum Gasteiger partial charge on any atom is 0.337 e. The summed E-state index contributed by atoms with van der Waals surface area (Å²) in [7, 11) is 1.28. The molecule has 2 aromatic rings. The number of likely N-dealkylation sites (tertiary alicyclic amines) is 1. The SMILES string of the molecule is CC[C@@H](C)[C@@H](NC(=O)c1cccc(C(=O)OC)c1)C(=O)N1CC[C@](O)(c2ccc(Cl)cc2)C(C)(C)C1. The van der Waals surface area contributed by atoms with Crippen molar-refractivity contribution >= 4 is 29.4 Å². The fourth-order valence-corrected chi connectivity index (χ4v) is 4.91. The number of benzene rings is 2. The summed E-state index contributed by atoms with van der Waals surface area (Å²) in [6.07, 6.45) is 1.04. The highest BCUT2D eigenvalue weighted by molar-refractivity contribution is 6.30. The van der Waals surface area contributed by atoms with Crippen LogP contribution in [0.15, 0.2) is 48.5 Å². The third-order valence-electron chi connectivity index (χ3n) is 7.39. The van der Waals surface area contributed by atoms with Gasteiger partial charge in [0.25, 0.3) is 5.91 Å². The largest absolute Gasteiger partial charge is 0.465 e. The minimum absolute atomic E-state index is 0.120. The number of carbonyl (C=O) groups is 3. The topological polar surface area (TPSA) is 95.9 Å². The Kier molecular flexibility index (Phi) is 8.47. The van der Waals surface area contributed by atoms with Crippen LogP contribution >= 0.6 is 11.6 Å². The van der Waals surface area contributed by atoms with Crippen LogP contribution in [0.5, 0.6) is 0 Å². The molecule has 3 atom stereocenters. The monoisotopic (exact) mass is 514 g/mol. The molecule has 0 saturated carbocycles. The number of nitrogens with zero attached hydrogens (tertiary/aromatic N) is 1. The smallest absolute Gasteiger partial charge is 0.337 e. The number of rotatable bonds is 7. The van der Waals surface area contributed by atoms with Gasteiger partial charge in [-0.05, 0) is 48.2 Å². The van der Waals surface area contributed by atoms with Gasteiger partial charge in [-0.15, -0.1) is 0 Å². The molecule has 1 heterocycles. The molecule has 3 rings (SSSR count). The minimum atomic E-state index is -1.13. The molecular formula is C28H35ClN2O5. The molecule has 2 N–H and O–H groups in total. The molecule has 7 nitrogen and oxygen atoms in total. The molecule has 1 aliphatic rings. The van der Waals surface area contributed by atoms with E-state index in [-0.39, 0.29) is 23.0 Å². The summed E-state index contributed by atoms with van der Waals surface area (Å²) in [4.78, 5) is 40.4. The molecule has 194 valence electrons. The van der Waals surface area contributed by atoms with Crippen molar-refractivity contribution in [2.45, 2.75) is 52.2 Å². The molecule has 0 spiro atoms. The first kappa shape index (κ1) is 27.7. The lowest BCUT2D eigenvalue weighted by Gasteiger charge is -2.51. The van der Waals surface area contributed by atoms with Crippen LogP contribution in [0.4, 0.5) is 0 Å². The van der Waals surface area contributed by atoms with E-state index >= 15 is 0 Å². The van der Waals surface area contributed by atoms with E-state index in [1.807, 2.05) is 39.8 Å². The molecular weight excluding hydrogens is 480 g/mol. The normalized spacial score (nSPS) is 20.8. The van der Waals surface area contributed by atoms with Gasteiger partial charge in [0.15, 0.2) is 0 Å². The van der Waals surface area contributed by atoms with Gasteiger partial charge < -0.3 is 20.1 Å². The summed E-state index contributed by atoms with van der Waals surface area (Å²) >= 11 is 6.04. The van der Waals surface area contributed by atoms with Crippen molar-refractivity contribution in [2.24, 2.45) is 11.3 Å². The number of aliphatic hydroxyl groups is 1. The minimum Gasteiger partial charge on any atom is -0.465 e. The van der Waals surface area contributed by atoms with E-state index in [2.05, 4.69) is 5.32 Å². The van der Waals surface area contributed by atoms with E-state index < -0.39 is 28.9 Å². The van der Waals surface area contributed by atoms with Gasteiger partial charge in [-0.3, -0.25) is 9.59 Å². The predicted octanol–water partition coefficient (Wildman–Crippen LogP) is 4.42. The van der Waals surface area contributed by atoms with Crippen molar-refractivity contribution in [3.63, 3.8) is 0 Å². The van der Waals surface area contributed by atoms with E-state index in [0.717, 1.165) is 5.56 Å². The lowest BCUT2D eigenvalue weighted by atomic mass is 9.66. The number of hydrogen-bond acceptors (Lipinski definition) is 5. The van der Waals surface area contributed by atoms with Gasteiger partial charge in [0, 0.05) is 29.1 Å². The second-order valence-electron chi connectivity index (χ2n) is 10.2. The lowest BCUT2D eigenvalue weighted by molar-refractivity contribution is -0.155. The van der Waals surface area contributed by atoms with E-state index in [1.54, 1.807) is 35.2 Å². The number of nitrogens with one attached hydrogen (secondary N) is 1. The average molecular weight is 515 g/mol. The number of amides is 2. The van der Waals surface area contributed by atoms with Gasteiger partial charge >= 0.3 is 5.97 Å². The molecule has 1 saturated heterocycles. The van der Waals surface area contributed by atoms with Gasteiger partial charge in [0.05, 0.1) is 18.3 Å². The lowest BCUT2D eigenvalue weighted by Crippen LogP contribution is -2.60. The number of esters is 1. The first-order valence-electron chi connectivity index (χ1n) is 12.2. The zero-order valence-corrected chi connectivity index (χ0v) is 22.3. The summed E-state index contributed by atoms with van der Waals surface area (Å²) < 4.78 is 4.74. The summed E-state index contributed by atoms with van der Waals surface area (Å²) in [5, 5.41) is 15.1. The van der Waals surface area contributed by atoms with Gasteiger partial charge in [-0.1, -0.05) is 63.9 Å². The Morgan fingerprint density at radius 2 is 1.78 bits per heavy atom. The Morgan fingerprint density at radius 1 is 1.14 bits per heavy atom. The van der Waals surface area contributed by atoms with Gasteiger partial charge in [0.2, 0.25) is 5.91 Å². The van der Waals surface area contributed by atoms with Crippen molar-refractivity contribution in [3.05, 3.63) is 70.2 Å². The van der Waals surface area contributed by atoms with Crippen molar-refractivity contribution < 1.29 is 24.2 Å². The van der Waals surface area contributed by atoms with E-state index in [0.29, 0.717) is 31.0 Å². The standard InChI is InChI=1S/C28H35ClN2O5/c1-6-18(2)23(30-24(32)19-8-7-9-20(16-19)26(34)36-5)25(33)31-15-14-28(35,27(3,4)17-31)21-10-12-22(29)13-11-21/h7-13,16,18,23,35H,6,14-15,17H2,1-5H3,(H,30,32)/t18-,23-,28+/m1/s1. The van der Waals surface area contributed by atoms with Gasteiger partial charge in [0.1, 0.15) is 6.04 Å². The first-order valence-corrected chi connectivity index (χ1v) is 12.6. The van der Waals surface area contributed by atoms with E-state index in [1.165, 1.54) is 13.2 Å². The highest BCUT2D eigenvalue weighted by Crippen LogP contribution is 2.46. The molecule has 8 heteroatoms. The third-order valence-corrected chi connectivity index (χ3v) is 7.65. The van der Waals surface area contributed by atoms with Gasteiger partial charge in [-0.25, -0.2) is 4.79 Å². The molecule has 0 radical (unpaired) electrons. The second-order valence-corrected chi connectivity index (χ2v) is 10.6. The van der Waals surface area contributed by atoms with Crippen molar-refractivity contribution in [1.29, 1.82) is 0 Å². The summed E-state index contributed by atoms with van der Waals surface area (Å²) in [6.45, 7) is 8.45. The Bertz CT molecular complexity index is 1120. The van der Waals surface area contributed by atoms with E-state index in [4.69, 9.17) is 16.3 Å². The highest BCUT2D eigenvalue weighted by atomic mass is 35.5. The molecule has 2 amide bonds. The van der Waals surface area contributed by atoms with Crippen LogP contribution in [0.3, 0.4) is 0 Å². The van der Waals surface area contributed by atoms with Crippen LogP contribution in [0, 0.1) is 11.3 Å². The number of methoxy groups -OCH3 is 1. The van der Waals surface area contributed by atoms with E-state index in [9.17, 15) is 19.5 Å². The quantitative estimate of drug-likeness (QED) is 0.533. The Hall–Kier alpha value is -2.90. The zero-order valence-electron chi connectivity index (χ0n) is 21.5. The summed E-state index contributed by atoms with van der Waals surface area (Å²) in [5.74, 6) is -1.28. The van der Waals surface area contributed by atoms with Crippen molar-refractivity contribution in [1.82, 2.24) is 10.2 Å². The molecule has 0 bridgehead atoms. The van der Waals surface area contributed by atoms with Crippen LogP contribution < -0.4 is 5.32 Å². The van der Waals surface area contributed by atoms with Crippen LogP contribution in [-0.4, -0.2) is 54.0 Å². The summed E-state index contributed by atoms with van der Waals surface area (Å²) in [6, 6.07) is 12.6. The predicted molar refractivity (Wildman–Crippen MR) is 139 cm³/mol. The van der Waals surface area contributed by atoms with Crippen LogP contribution in [-0.2, 0) is 15.1 Å². The molecule has 1 fully saturated rings. The Morgan fingerprint density at radius 3 is 2.36 bits per heavy atom. The first-order chi connectivity index (χ1) is 16.9. The molecule has 2 aromatic carbocycles. The molecule has 1 aliphatic heterocycles. The average Bonchev–Trinajstić information content (AvgIpc) is 2.87. The maximum absolute atomic E-state index is 13.7. The fraction of sp³-hybridized carbons (Fsp3) is 0.464. The van der Waals surface area contributed by atoms with Gasteiger partial charge in [-0.2, -0.15) is 0 Å². The number of halogens is 1. The van der Waals surface area contributed by atoms with Crippen molar-refractivity contribution in [3.8, 4) is 0 Å². The zero-order chi connectivity index (χ0) is 26.7. The Balaban J connectivity index is 1.80. The van der Waals surface area contributed by atoms with Crippen molar-refractivity contribution in [2.75, 3.05) is 20.2 Å². The number of piperidine rings is 1. The summed E-state index contributed by atoms with van der Waals surface area (Å²) in [5.41, 5.74) is -0.474. The fourth-order valence-electron chi connectivity index (χ4n) is 4.78. The number of ether oxygens (including phenoxy) is 1. The molecule has 0 aliphatic carbocycles. The molecule has 0 aromatic heterocycles. The second kappa shape index (κ2) is 11.0. The Labute approximate surface area is 217 Å². The maximum atomic E-state index is 13.7. The van der Waals surface area contributed by atoms with Crippen LogP contribution in [0.1, 0.15) is 66.8 Å². The molecule has 0 unspecified atom stereocenters. The van der Waals surface area contributed by atoms with Crippen LogP contribution in [0.25, 0.3) is 0 Å². The third kappa shape index (κ3) is 5.57. The van der Waals surface area contributed by atoms with Crippen LogP contribution in [0.2, 0.25) is 5.02 Å². The number of hydrogen-bond donors (Lipinski definition) is 2.